The lowest BCUT2D eigenvalue weighted by molar-refractivity contribution is 0.103. The molecule has 1 aliphatic heterocycles. The lowest BCUT2D eigenvalue weighted by atomic mass is 9.99. The van der Waals surface area contributed by atoms with Crippen LogP contribution in [-0.2, 0) is 10.2 Å². The van der Waals surface area contributed by atoms with Gasteiger partial charge in [-0.05, 0) is 42.3 Å². The fraction of sp³-hybridized carbons (Fsp3) is 0.160. The van der Waals surface area contributed by atoms with Gasteiger partial charge in [-0.2, -0.15) is 18.0 Å². The highest BCUT2D eigenvalue weighted by atomic mass is 32.2. The Hall–Kier alpha value is -4.21. The second kappa shape index (κ2) is 9.34. The zero-order valence-corrected chi connectivity index (χ0v) is 19.8. The largest absolute Gasteiger partial charge is 0.345 e. The zero-order chi connectivity index (χ0) is 26.3. The van der Waals surface area contributed by atoms with E-state index in [1.54, 1.807) is 30.3 Å². The summed E-state index contributed by atoms with van der Waals surface area (Å²) in [5.41, 5.74) is 0.246. The van der Waals surface area contributed by atoms with Crippen LogP contribution in [0, 0.1) is 23.0 Å². The molecule has 0 unspecified atom stereocenters. The Morgan fingerprint density at radius 2 is 2.00 bits per heavy atom. The maximum absolute atomic E-state index is 15.4. The maximum atomic E-state index is 15.4. The third kappa shape index (κ3) is 4.54. The second-order valence-electron chi connectivity index (χ2n) is 8.48. The first-order valence-electron chi connectivity index (χ1n) is 11.1. The number of carbonyl (C=O) groups excluding carboxylic acids is 1. The van der Waals surface area contributed by atoms with Crippen molar-refractivity contribution < 1.29 is 26.4 Å². The van der Waals surface area contributed by atoms with Gasteiger partial charge in [0, 0.05) is 42.0 Å². The van der Waals surface area contributed by atoms with Crippen LogP contribution in [0.4, 0.5) is 18.9 Å². The normalized spacial score (nSPS) is 16.1. The number of alkyl halides is 1. The molecule has 8 nitrogen and oxygen atoms in total. The van der Waals surface area contributed by atoms with Crippen molar-refractivity contribution >= 4 is 32.7 Å². The van der Waals surface area contributed by atoms with Gasteiger partial charge in [-0.15, -0.1) is 0 Å². The summed E-state index contributed by atoms with van der Waals surface area (Å²) in [5, 5.41) is 9.44. The number of hydrogen-bond acceptors (Lipinski definition) is 5. The smallest absolute Gasteiger partial charge is 0.301 e. The molecule has 2 aromatic carbocycles. The molecule has 0 radical (unpaired) electrons. The molecule has 2 N–H and O–H groups in total. The molecule has 0 spiro atoms. The van der Waals surface area contributed by atoms with E-state index in [2.05, 4.69) is 9.97 Å². The van der Waals surface area contributed by atoms with E-state index in [1.165, 1.54) is 12.4 Å². The van der Waals surface area contributed by atoms with Gasteiger partial charge in [-0.3, -0.25) is 9.52 Å². The van der Waals surface area contributed by atoms with E-state index in [1.807, 2.05) is 10.8 Å². The summed E-state index contributed by atoms with van der Waals surface area (Å²) in [4.78, 5) is 20.4. The van der Waals surface area contributed by atoms with Crippen LogP contribution >= 0.6 is 0 Å². The van der Waals surface area contributed by atoms with Gasteiger partial charge in [0.15, 0.2) is 5.82 Å². The number of nitrogens with zero attached hydrogens (tertiary/aromatic N) is 3. The number of halogens is 3. The van der Waals surface area contributed by atoms with Crippen molar-refractivity contribution in [1.29, 1.82) is 5.26 Å². The molecule has 0 saturated carbocycles. The number of nitrogens with one attached hydrogen (secondary N) is 2. The number of nitriles is 1. The molecule has 4 aromatic rings. The van der Waals surface area contributed by atoms with Gasteiger partial charge in [0.25, 0.3) is 0 Å². The SMILES string of the molecule is N#Cc1cccc(-c2cnc3[nH]cc(C(=O)c4c(F)ccc(NS(=O)(=O)N5CC[C@@H](F)C5)c4F)c3c2)c1. The van der Waals surface area contributed by atoms with Gasteiger partial charge in [0.05, 0.1) is 22.9 Å². The molecule has 1 saturated heterocycles. The van der Waals surface area contributed by atoms with Crippen LogP contribution in [0.5, 0.6) is 0 Å². The Morgan fingerprint density at radius 1 is 1.19 bits per heavy atom. The van der Waals surface area contributed by atoms with Gasteiger partial charge in [0.1, 0.15) is 17.6 Å². The van der Waals surface area contributed by atoms with Crippen LogP contribution in [0.1, 0.15) is 27.9 Å². The molecule has 3 heterocycles. The minimum atomic E-state index is -4.32. The average Bonchev–Trinajstić information content (AvgIpc) is 3.52. The number of rotatable bonds is 6. The highest BCUT2D eigenvalue weighted by Gasteiger charge is 2.33. The number of anilines is 1. The first-order valence-corrected chi connectivity index (χ1v) is 12.5. The average molecular weight is 526 g/mol. The summed E-state index contributed by atoms with van der Waals surface area (Å²) in [6.07, 6.45) is 1.46. The lowest BCUT2D eigenvalue weighted by Crippen LogP contribution is -2.34. The number of H-pyrrole nitrogens is 1. The predicted octanol–water partition coefficient (Wildman–Crippen LogP) is 4.31. The van der Waals surface area contributed by atoms with Crippen molar-refractivity contribution in [2.45, 2.75) is 12.6 Å². The molecule has 12 heteroatoms. The summed E-state index contributed by atoms with van der Waals surface area (Å²) in [6, 6.07) is 12.0. The van der Waals surface area contributed by atoms with Crippen LogP contribution < -0.4 is 4.72 Å². The Balaban J connectivity index is 1.53. The molecule has 1 fully saturated rings. The lowest BCUT2D eigenvalue weighted by Gasteiger charge is -2.18. The predicted molar refractivity (Wildman–Crippen MR) is 130 cm³/mol. The quantitative estimate of drug-likeness (QED) is 0.364. The van der Waals surface area contributed by atoms with E-state index >= 15 is 4.39 Å². The number of aromatic nitrogens is 2. The molecular weight excluding hydrogens is 507 g/mol. The zero-order valence-electron chi connectivity index (χ0n) is 19.0. The maximum Gasteiger partial charge on any atom is 0.301 e. The van der Waals surface area contributed by atoms with Gasteiger partial charge < -0.3 is 4.98 Å². The van der Waals surface area contributed by atoms with Crippen molar-refractivity contribution in [2.75, 3.05) is 17.8 Å². The van der Waals surface area contributed by atoms with Crippen molar-refractivity contribution in [3.63, 3.8) is 0 Å². The van der Waals surface area contributed by atoms with Gasteiger partial charge >= 0.3 is 10.2 Å². The summed E-state index contributed by atoms with van der Waals surface area (Å²) in [5.74, 6) is -3.61. The van der Waals surface area contributed by atoms with E-state index in [0.717, 1.165) is 16.4 Å². The Kier molecular flexibility index (Phi) is 6.18. The summed E-state index contributed by atoms with van der Waals surface area (Å²) < 4.78 is 71.5. The molecular formula is C25H18F3N5O3S. The summed E-state index contributed by atoms with van der Waals surface area (Å²) >= 11 is 0. The van der Waals surface area contributed by atoms with E-state index < -0.39 is 45.0 Å². The van der Waals surface area contributed by atoms with Crippen molar-refractivity contribution in [3.05, 3.63) is 83.2 Å². The fourth-order valence-electron chi connectivity index (χ4n) is 4.20. The van der Waals surface area contributed by atoms with E-state index in [-0.39, 0.29) is 36.1 Å². The summed E-state index contributed by atoms with van der Waals surface area (Å²) in [6.45, 7) is -0.473. The Labute approximate surface area is 209 Å². The molecule has 188 valence electrons. The van der Waals surface area contributed by atoms with E-state index in [4.69, 9.17) is 5.26 Å². The van der Waals surface area contributed by atoms with Crippen LogP contribution in [0.2, 0.25) is 0 Å². The van der Waals surface area contributed by atoms with Crippen LogP contribution in [-0.4, -0.2) is 47.7 Å². The standard InChI is InChI=1S/C25H18F3N5O3S/c26-17-6-7-33(13-17)37(35,36)32-21-5-4-20(27)22(23(21)28)24(34)19-12-31-25-18(19)9-16(11-30-25)15-3-1-2-14(8-15)10-29/h1-5,8-9,11-12,17,32H,6-7,13H2,(H,30,31)/t17-/m1/s1. The topological polar surface area (TPSA) is 119 Å². The summed E-state index contributed by atoms with van der Waals surface area (Å²) in [7, 11) is -4.32. The molecule has 2 aromatic heterocycles. The minimum absolute atomic E-state index is 0.00788. The first-order chi connectivity index (χ1) is 17.7. The Morgan fingerprint density at radius 3 is 2.73 bits per heavy atom. The molecule has 0 amide bonds. The van der Waals surface area contributed by atoms with Crippen LogP contribution in [0.15, 0.2) is 54.9 Å². The van der Waals surface area contributed by atoms with Crippen molar-refractivity contribution in [1.82, 2.24) is 14.3 Å². The minimum Gasteiger partial charge on any atom is -0.345 e. The van der Waals surface area contributed by atoms with Crippen molar-refractivity contribution in [2.24, 2.45) is 0 Å². The van der Waals surface area contributed by atoms with Crippen molar-refractivity contribution in [3.8, 4) is 17.2 Å². The number of aromatic amines is 1. The van der Waals surface area contributed by atoms with Crippen LogP contribution in [0.3, 0.4) is 0 Å². The monoisotopic (exact) mass is 525 g/mol. The molecule has 5 rings (SSSR count). The number of carbonyl (C=O) groups is 1. The molecule has 37 heavy (non-hydrogen) atoms. The molecule has 1 aliphatic rings. The third-order valence-corrected chi connectivity index (χ3v) is 7.58. The highest BCUT2D eigenvalue weighted by molar-refractivity contribution is 7.90. The molecule has 1 atom stereocenters. The third-order valence-electron chi connectivity index (χ3n) is 6.09. The van der Waals surface area contributed by atoms with Crippen LogP contribution in [0.25, 0.3) is 22.2 Å². The molecule has 0 aliphatic carbocycles. The van der Waals surface area contributed by atoms with Gasteiger partial charge in [-0.1, -0.05) is 12.1 Å². The molecule has 0 bridgehead atoms. The highest BCUT2D eigenvalue weighted by Crippen LogP contribution is 2.30. The van der Waals surface area contributed by atoms with Gasteiger partial charge in [-0.25, -0.2) is 18.2 Å². The number of benzene rings is 2. The van der Waals surface area contributed by atoms with E-state index in [0.29, 0.717) is 16.7 Å². The Bertz CT molecular complexity index is 1700. The van der Waals surface area contributed by atoms with E-state index in [9.17, 15) is 22.0 Å². The first kappa shape index (κ1) is 24.5. The second-order valence-corrected chi connectivity index (χ2v) is 10.1. The number of pyridine rings is 1. The number of hydrogen-bond donors (Lipinski definition) is 2. The van der Waals surface area contributed by atoms with Gasteiger partial charge in [0.2, 0.25) is 5.78 Å². The number of fused-ring (bicyclic) bond motifs is 1. The fourth-order valence-corrected chi connectivity index (χ4v) is 5.47. The number of ketones is 1.